The van der Waals surface area contributed by atoms with Crippen molar-refractivity contribution < 1.29 is 9.47 Å². The average molecular weight is 348 g/mol. The van der Waals surface area contributed by atoms with Crippen LogP contribution in [0.4, 0.5) is 0 Å². The number of hydrogen-bond donors (Lipinski definition) is 0. The predicted molar refractivity (Wildman–Crippen MR) is 99.9 cm³/mol. The van der Waals surface area contributed by atoms with Crippen LogP contribution in [0.3, 0.4) is 0 Å². The molecular formula is C20H20N4O2. The smallest absolute Gasteiger partial charge is 0.184 e. The van der Waals surface area contributed by atoms with Gasteiger partial charge in [-0.2, -0.15) is 9.78 Å². The minimum Gasteiger partial charge on any atom is -0.493 e. The maximum atomic E-state index is 5.86. The molecule has 1 aliphatic rings. The summed E-state index contributed by atoms with van der Waals surface area (Å²) in [5.74, 6) is 2.39. The minimum absolute atomic E-state index is 0.189. The molecule has 0 unspecified atom stereocenters. The Balaban J connectivity index is 1.68. The van der Waals surface area contributed by atoms with Gasteiger partial charge < -0.3 is 9.47 Å². The Bertz CT molecular complexity index is 934. The molecule has 6 nitrogen and oxygen atoms in total. The number of fused-ring (bicyclic) bond motifs is 1. The zero-order valence-corrected chi connectivity index (χ0v) is 14.8. The Morgan fingerprint density at radius 3 is 2.96 bits per heavy atom. The average Bonchev–Trinajstić information content (AvgIpc) is 3.26. The number of nitrogens with zero attached hydrogens (tertiary/aromatic N) is 4. The summed E-state index contributed by atoms with van der Waals surface area (Å²) in [6, 6.07) is 13.9. The monoisotopic (exact) mass is 348 g/mol. The zero-order valence-electron chi connectivity index (χ0n) is 14.8. The third kappa shape index (κ3) is 3.18. The van der Waals surface area contributed by atoms with E-state index in [0.29, 0.717) is 12.4 Å². The van der Waals surface area contributed by atoms with Gasteiger partial charge in [0.1, 0.15) is 23.9 Å². The summed E-state index contributed by atoms with van der Waals surface area (Å²) in [7, 11) is 0. The molecule has 3 aromatic rings. The van der Waals surface area contributed by atoms with E-state index in [2.05, 4.69) is 22.2 Å². The minimum atomic E-state index is 0.189. The summed E-state index contributed by atoms with van der Waals surface area (Å²) in [5.41, 5.74) is 3.00. The molecule has 0 N–H and O–H groups in total. The van der Waals surface area contributed by atoms with Gasteiger partial charge in [0, 0.05) is 23.1 Å². The van der Waals surface area contributed by atoms with Crippen molar-refractivity contribution in [3.05, 3.63) is 59.9 Å². The van der Waals surface area contributed by atoms with Gasteiger partial charge in [0.05, 0.1) is 12.8 Å². The summed E-state index contributed by atoms with van der Waals surface area (Å²) >= 11 is 0. The Labute approximate surface area is 152 Å². The van der Waals surface area contributed by atoms with Crippen molar-refractivity contribution in [3.63, 3.8) is 0 Å². The van der Waals surface area contributed by atoms with Crippen molar-refractivity contribution in [2.24, 2.45) is 5.10 Å². The van der Waals surface area contributed by atoms with Crippen LogP contribution >= 0.6 is 0 Å². The van der Waals surface area contributed by atoms with E-state index in [4.69, 9.17) is 9.47 Å². The van der Waals surface area contributed by atoms with E-state index < -0.39 is 0 Å². The highest BCUT2D eigenvalue weighted by Gasteiger charge is 2.21. The van der Waals surface area contributed by atoms with E-state index >= 15 is 0 Å². The van der Waals surface area contributed by atoms with Gasteiger partial charge in [0.2, 0.25) is 0 Å². The van der Waals surface area contributed by atoms with Crippen molar-refractivity contribution in [1.82, 2.24) is 14.9 Å². The van der Waals surface area contributed by atoms with E-state index in [0.717, 1.165) is 29.0 Å². The first-order chi connectivity index (χ1) is 12.7. The van der Waals surface area contributed by atoms with E-state index in [1.54, 1.807) is 17.2 Å². The Kier molecular flexibility index (Phi) is 4.39. The molecule has 26 heavy (non-hydrogen) atoms. The molecule has 4 rings (SSSR count). The van der Waals surface area contributed by atoms with Gasteiger partial charge >= 0.3 is 0 Å². The molecule has 0 saturated heterocycles. The lowest BCUT2D eigenvalue weighted by Gasteiger charge is -2.09. The Morgan fingerprint density at radius 2 is 2.15 bits per heavy atom. The molecule has 2 heterocycles. The summed E-state index contributed by atoms with van der Waals surface area (Å²) in [6.07, 6.45) is 4.43. The van der Waals surface area contributed by atoms with E-state index in [9.17, 15) is 0 Å². The van der Waals surface area contributed by atoms with Crippen LogP contribution in [0.15, 0.2) is 53.9 Å². The first-order valence-electron chi connectivity index (χ1n) is 8.70. The van der Waals surface area contributed by atoms with Gasteiger partial charge in [-0.3, -0.25) is 0 Å². The predicted octanol–water partition coefficient (Wildman–Crippen LogP) is 3.55. The molecule has 132 valence electrons. The van der Waals surface area contributed by atoms with E-state index in [-0.39, 0.29) is 6.10 Å². The van der Waals surface area contributed by atoms with Gasteiger partial charge in [-0.25, -0.2) is 0 Å². The first-order valence-corrected chi connectivity index (χ1v) is 8.70. The normalized spacial score (nSPS) is 15.8. The lowest BCUT2D eigenvalue weighted by Crippen LogP contribution is -2.05. The van der Waals surface area contributed by atoms with Gasteiger partial charge in [0.25, 0.3) is 0 Å². The number of ether oxygens (including phenoxy) is 2. The third-order valence-electron chi connectivity index (χ3n) is 4.21. The van der Waals surface area contributed by atoms with Gasteiger partial charge in [-0.15, -0.1) is 10.2 Å². The Hall–Kier alpha value is -3.15. The fourth-order valence-corrected chi connectivity index (χ4v) is 3.05. The van der Waals surface area contributed by atoms with Crippen molar-refractivity contribution in [1.29, 1.82) is 0 Å². The molecule has 0 radical (unpaired) electrons. The van der Waals surface area contributed by atoms with Gasteiger partial charge in [-0.05, 0) is 26.0 Å². The lowest BCUT2D eigenvalue weighted by atomic mass is 10.1. The third-order valence-corrected chi connectivity index (χ3v) is 4.21. The van der Waals surface area contributed by atoms with Crippen molar-refractivity contribution in [2.45, 2.75) is 26.4 Å². The van der Waals surface area contributed by atoms with E-state index in [1.165, 1.54) is 5.56 Å². The fourth-order valence-electron chi connectivity index (χ4n) is 3.05. The lowest BCUT2D eigenvalue weighted by molar-refractivity contribution is 0.254. The van der Waals surface area contributed by atoms with Crippen molar-refractivity contribution >= 4 is 6.21 Å². The number of benzene rings is 2. The highest BCUT2D eigenvalue weighted by Crippen LogP contribution is 2.34. The van der Waals surface area contributed by atoms with Crippen LogP contribution < -0.4 is 9.47 Å². The SMILES string of the molecule is CCOc1cc2c(cc1/C=N\n1cnnc1-c1ccccc1)O[C@H](C)C2. The molecule has 0 amide bonds. The van der Waals surface area contributed by atoms with Crippen LogP contribution in [0.25, 0.3) is 11.4 Å². The van der Waals surface area contributed by atoms with Crippen LogP contribution in [0.2, 0.25) is 0 Å². The molecule has 1 atom stereocenters. The summed E-state index contributed by atoms with van der Waals surface area (Å²) in [4.78, 5) is 0. The first kappa shape index (κ1) is 16.3. The van der Waals surface area contributed by atoms with Crippen LogP contribution in [0.1, 0.15) is 25.0 Å². The van der Waals surface area contributed by atoms with Crippen molar-refractivity contribution in [3.8, 4) is 22.9 Å². The molecule has 1 aromatic heterocycles. The second kappa shape index (κ2) is 7.00. The molecular weight excluding hydrogens is 328 g/mol. The fraction of sp³-hybridized carbons (Fsp3) is 0.250. The van der Waals surface area contributed by atoms with E-state index in [1.807, 2.05) is 49.4 Å². The second-order valence-electron chi connectivity index (χ2n) is 6.17. The number of hydrogen-bond acceptors (Lipinski definition) is 5. The quantitative estimate of drug-likeness (QED) is 0.662. The zero-order chi connectivity index (χ0) is 17.9. The molecule has 0 bridgehead atoms. The standard InChI is InChI=1S/C20H20N4O2/c1-3-25-18-10-16-9-14(2)26-19(16)11-17(18)12-22-24-13-21-23-20(24)15-7-5-4-6-8-15/h4-8,10-14H,3,9H2,1-2H3/b22-12-/t14-/m1/s1. The molecule has 0 fully saturated rings. The highest BCUT2D eigenvalue weighted by atomic mass is 16.5. The number of aromatic nitrogens is 3. The molecule has 0 aliphatic carbocycles. The molecule has 2 aromatic carbocycles. The van der Waals surface area contributed by atoms with Crippen LogP contribution in [0.5, 0.6) is 11.5 Å². The van der Waals surface area contributed by atoms with Crippen LogP contribution in [-0.4, -0.2) is 33.8 Å². The van der Waals surface area contributed by atoms with Crippen molar-refractivity contribution in [2.75, 3.05) is 6.61 Å². The summed E-state index contributed by atoms with van der Waals surface area (Å²) in [5, 5.41) is 12.7. The highest BCUT2D eigenvalue weighted by molar-refractivity contribution is 5.85. The maximum Gasteiger partial charge on any atom is 0.184 e. The topological polar surface area (TPSA) is 61.5 Å². The summed E-state index contributed by atoms with van der Waals surface area (Å²) in [6.45, 7) is 4.63. The molecule has 0 spiro atoms. The van der Waals surface area contributed by atoms with Gasteiger partial charge in [0.15, 0.2) is 5.82 Å². The molecule has 6 heteroatoms. The summed E-state index contributed by atoms with van der Waals surface area (Å²) < 4.78 is 13.3. The van der Waals surface area contributed by atoms with Crippen LogP contribution in [0, 0.1) is 0 Å². The Morgan fingerprint density at radius 1 is 1.31 bits per heavy atom. The van der Waals surface area contributed by atoms with Gasteiger partial charge in [-0.1, -0.05) is 30.3 Å². The number of rotatable bonds is 5. The molecule has 1 aliphatic heterocycles. The maximum absolute atomic E-state index is 5.86. The second-order valence-corrected chi connectivity index (χ2v) is 6.17. The van der Waals surface area contributed by atoms with Crippen LogP contribution in [-0.2, 0) is 6.42 Å². The largest absolute Gasteiger partial charge is 0.493 e. The molecule has 0 saturated carbocycles.